The molecule has 0 fully saturated rings. The van der Waals surface area contributed by atoms with Crippen molar-refractivity contribution in [1.29, 1.82) is 0 Å². The Kier molecular flexibility index (Phi) is 6.31. The number of amides is 1. The molecule has 0 aliphatic heterocycles. The van der Waals surface area contributed by atoms with Crippen LogP contribution in [0.15, 0.2) is 29.4 Å². The number of likely N-dealkylation sites (N-methyl/N-ethyl adjacent to an activating group) is 1. The van der Waals surface area contributed by atoms with Gasteiger partial charge in [0.2, 0.25) is 0 Å². The summed E-state index contributed by atoms with van der Waals surface area (Å²) in [5.41, 5.74) is 1.41. The molecule has 0 spiro atoms. The van der Waals surface area contributed by atoms with E-state index in [1.807, 2.05) is 17.4 Å². The zero-order valence-electron chi connectivity index (χ0n) is 8.65. The Morgan fingerprint density at radius 1 is 1.43 bits per heavy atom. The molecule has 0 N–H and O–H groups in total. The summed E-state index contributed by atoms with van der Waals surface area (Å²) in [5, 5.41) is 0. The minimum atomic E-state index is -0.0510. The Labute approximate surface area is 96.4 Å². The van der Waals surface area contributed by atoms with Gasteiger partial charge < -0.3 is 0 Å². The van der Waals surface area contributed by atoms with Crippen molar-refractivity contribution in [3.8, 4) is 0 Å². The van der Waals surface area contributed by atoms with E-state index in [-0.39, 0.29) is 5.91 Å². The van der Waals surface area contributed by atoms with Crippen molar-refractivity contribution in [3.63, 3.8) is 0 Å². The van der Waals surface area contributed by atoms with Gasteiger partial charge in [0.25, 0.3) is 0 Å². The first kappa shape index (κ1) is 13.2. The van der Waals surface area contributed by atoms with Gasteiger partial charge in [0.05, 0.1) is 0 Å². The Morgan fingerprint density at radius 2 is 2.00 bits per heavy atom. The molecule has 0 radical (unpaired) electrons. The van der Waals surface area contributed by atoms with Gasteiger partial charge in [0.15, 0.2) is 0 Å². The molecule has 0 saturated heterocycles. The molecule has 2 nitrogen and oxygen atoms in total. The van der Waals surface area contributed by atoms with Gasteiger partial charge in [-0.15, -0.1) is 0 Å². The van der Waals surface area contributed by atoms with Crippen LogP contribution in [-0.4, -0.2) is 29.3 Å². The zero-order chi connectivity index (χ0) is 11.1. The van der Waals surface area contributed by atoms with E-state index in [1.165, 1.54) is 30.3 Å². The molecule has 0 bridgehead atoms. The van der Waals surface area contributed by atoms with Crippen LogP contribution in [0.25, 0.3) is 0 Å². The molecule has 3 heteroatoms. The topological polar surface area (TPSA) is 20.3 Å². The first-order valence-corrected chi connectivity index (χ1v) is 5.82. The van der Waals surface area contributed by atoms with E-state index >= 15 is 0 Å². The van der Waals surface area contributed by atoms with Gasteiger partial charge in [-0.05, 0) is 0 Å². The summed E-state index contributed by atoms with van der Waals surface area (Å²) in [4.78, 5) is 12.8. The zero-order valence-corrected chi connectivity index (χ0v) is 11.6. The molecule has 0 atom stereocenters. The number of allylic oxidation sites excluding steroid dienone is 4. The molecule has 0 aromatic heterocycles. The normalized spacial score (nSPS) is 11.5. The Bertz CT molecular complexity index is 300. The molecule has 0 unspecified atom stereocenters. The average molecular weight is 360 g/mol. The predicted molar refractivity (Wildman–Crippen MR) is 55.5 cm³/mol. The second kappa shape index (κ2) is 6.67. The molecule has 0 rings (SSSR count). The van der Waals surface area contributed by atoms with Crippen molar-refractivity contribution in [2.45, 2.75) is 6.92 Å². The van der Waals surface area contributed by atoms with E-state index in [2.05, 4.69) is 0 Å². The summed E-state index contributed by atoms with van der Waals surface area (Å²) in [5.74, 6) is -0.0510. The fourth-order valence-electron chi connectivity index (χ4n) is 0.672. The van der Waals surface area contributed by atoms with Crippen LogP contribution in [0.5, 0.6) is 0 Å². The SMILES string of the molecule is [CH-]=C(/C=C\[CH]=[W])/C(C)=C/C(=O)N(C)C. The molecule has 0 aromatic carbocycles. The van der Waals surface area contributed by atoms with Gasteiger partial charge in [0, 0.05) is 0 Å². The summed E-state index contributed by atoms with van der Waals surface area (Å²) < 4.78 is 1.97. The van der Waals surface area contributed by atoms with E-state index in [4.69, 9.17) is 6.58 Å². The molecule has 76 valence electrons. The summed E-state index contributed by atoms with van der Waals surface area (Å²) in [7, 11) is 3.42. The molecule has 14 heavy (non-hydrogen) atoms. The monoisotopic (exact) mass is 360 g/mol. The molecule has 1 amide bonds. The number of rotatable bonds is 4. The molecule has 0 aliphatic rings. The first-order valence-electron chi connectivity index (χ1n) is 4.13. The average Bonchev–Trinajstić information content (AvgIpc) is 2.13. The summed E-state index contributed by atoms with van der Waals surface area (Å²) in [6, 6.07) is 0. The third-order valence-corrected chi connectivity index (χ3v) is 2.15. The first-order chi connectivity index (χ1) is 6.49. The van der Waals surface area contributed by atoms with Crippen LogP contribution in [0.3, 0.4) is 0 Å². The number of carbonyl (C=O) groups is 1. The van der Waals surface area contributed by atoms with E-state index in [0.717, 1.165) is 5.57 Å². The van der Waals surface area contributed by atoms with Crippen molar-refractivity contribution in [1.82, 2.24) is 4.90 Å². The number of hydrogen-bond acceptors (Lipinski definition) is 1. The van der Waals surface area contributed by atoms with E-state index in [0.29, 0.717) is 5.57 Å². The Hall–Kier alpha value is -0.752. The van der Waals surface area contributed by atoms with E-state index in [9.17, 15) is 4.79 Å². The predicted octanol–water partition coefficient (Wildman–Crippen LogP) is 1.29. The van der Waals surface area contributed by atoms with Crippen molar-refractivity contribution in [2.24, 2.45) is 0 Å². The number of carbonyl (C=O) groups excluding carboxylic acids is 1. The van der Waals surface area contributed by atoms with Gasteiger partial charge in [-0.25, -0.2) is 0 Å². The Morgan fingerprint density at radius 3 is 2.43 bits per heavy atom. The summed E-state index contributed by atoms with van der Waals surface area (Å²) in [6.07, 6.45) is 5.20. The second-order valence-electron chi connectivity index (χ2n) is 3.01. The molecule has 0 saturated carbocycles. The van der Waals surface area contributed by atoms with Gasteiger partial charge >= 0.3 is 96.3 Å². The number of nitrogens with zero attached hydrogens (tertiary/aromatic N) is 1. The maximum absolute atomic E-state index is 11.3. The quantitative estimate of drug-likeness (QED) is 0.420. The summed E-state index contributed by atoms with van der Waals surface area (Å²) in [6.45, 7) is 7.55. The van der Waals surface area contributed by atoms with Crippen LogP contribution in [0.1, 0.15) is 6.92 Å². The minimum absolute atomic E-state index is 0.0510. The van der Waals surface area contributed by atoms with Crippen molar-refractivity contribution < 1.29 is 24.1 Å². The second-order valence-corrected chi connectivity index (χ2v) is 3.99. The molecular formula is C11H14NOW-. The third kappa shape index (κ3) is 5.08. The Balaban J connectivity index is 4.53. The van der Waals surface area contributed by atoms with E-state index < -0.39 is 0 Å². The standard InChI is InChI=1S/C11H14NO.W/c1-6-7-9(2)10(3)8-11(13)12(4)5;/h1-2,6-8H,3-5H3;/q-1;/b7-6-,10-8+;. The molecule has 0 aromatic rings. The van der Waals surface area contributed by atoms with Crippen molar-refractivity contribution >= 4 is 10.3 Å². The van der Waals surface area contributed by atoms with Crippen molar-refractivity contribution in [3.05, 3.63) is 36.0 Å². The maximum atomic E-state index is 11.3. The van der Waals surface area contributed by atoms with Gasteiger partial charge in [-0.2, -0.15) is 0 Å². The molecule has 0 aliphatic carbocycles. The van der Waals surface area contributed by atoms with Crippen LogP contribution in [0, 0.1) is 6.58 Å². The van der Waals surface area contributed by atoms with Gasteiger partial charge in [-0.3, -0.25) is 0 Å². The molecular weight excluding hydrogens is 346 g/mol. The van der Waals surface area contributed by atoms with Crippen molar-refractivity contribution in [2.75, 3.05) is 14.1 Å². The fraction of sp³-hybridized carbons (Fsp3) is 0.273. The van der Waals surface area contributed by atoms with Crippen LogP contribution in [0.2, 0.25) is 0 Å². The van der Waals surface area contributed by atoms with Crippen LogP contribution >= 0.6 is 0 Å². The fourth-order valence-corrected chi connectivity index (χ4v) is 0.954. The van der Waals surface area contributed by atoms with Crippen LogP contribution in [-0.2, 0) is 24.1 Å². The van der Waals surface area contributed by atoms with Crippen LogP contribution < -0.4 is 0 Å². The third-order valence-electron chi connectivity index (χ3n) is 1.59. The van der Waals surface area contributed by atoms with Gasteiger partial charge in [0.1, 0.15) is 0 Å². The van der Waals surface area contributed by atoms with E-state index in [1.54, 1.807) is 20.2 Å². The molecule has 0 heterocycles. The summed E-state index contributed by atoms with van der Waals surface area (Å²) >= 11 is 1.37. The van der Waals surface area contributed by atoms with Crippen LogP contribution in [0.4, 0.5) is 0 Å². The van der Waals surface area contributed by atoms with Gasteiger partial charge in [-0.1, -0.05) is 0 Å². The number of hydrogen-bond donors (Lipinski definition) is 0.